The Kier molecular flexibility index (Phi) is 6.75. The number of piperazine rings is 1. The normalized spacial score (nSPS) is 14.5. The molecule has 0 N–H and O–H groups in total. The molecule has 0 unspecified atom stereocenters. The molecule has 1 fully saturated rings. The van der Waals surface area contributed by atoms with Gasteiger partial charge >= 0.3 is 0 Å². The van der Waals surface area contributed by atoms with Gasteiger partial charge in [-0.05, 0) is 36.9 Å². The minimum atomic E-state index is -0.393. The van der Waals surface area contributed by atoms with E-state index in [1.54, 1.807) is 6.07 Å². The molecule has 0 spiro atoms. The van der Waals surface area contributed by atoms with E-state index >= 15 is 0 Å². The van der Waals surface area contributed by atoms with Gasteiger partial charge in [0, 0.05) is 32.7 Å². The van der Waals surface area contributed by atoms with Crippen LogP contribution in [0.5, 0.6) is 5.75 Å². The average molecular weight is 406 g/mol. The Bertz CT molecular complexity index is 825. The van der Waals surface area contributed by atoms with Crippen LogP contribution < -0.4 is 9.64 Å². The van der Waals surface area contributed by atoms with Crippen LogP contribution in [0.3, 0.4) is 0 Å². The Balaban J connectivity index is 1.50. The van der Waals surface area contributed by atoms with Gasteiger partial charge in [-0.25, -0.2) is 4.39 Å². The molecule has 0 aromatic heterocycles. The molecule has 150 valence electrons. The average Bonchev–Trinajstić information content (AvgIpc) is 2.68. The molecule has 0 radical (unpaired) electrons. The number of para-hydroxylation sites is 1. The molecular formula is C21H25ClFN3O2. The number of amides is 1. The number of nitrogens with zero attached hydrogens (tertiary/aromatic N) is 3. The Morgan fingerprint density at radius 1 is 1.18 bits per heavy atom. The van der Waals surface area contributed by atoms with Crippen LogP contribution >= 0.6 is 11.6 Å². The van der Waals surface area contributed by atoms with E-state index < -0.39 is 5.82 Å². The van der Waals surface area contributed by atoms with Crippen molar-refractivity contribution in [2.45, 2.75) is 6.54 Å². The van der Waals surface area contributed by atoms with E-state index in [1.807, 2.05) is 47.2 Å². The van der Waals surface area contributed by atoms with Gasteiger partial charge in [-0.1, -0.05) is 29.8 Å². The number of methoxy groups -OCH3 is 1. The molecule has 3 rings (SSSR count). The first-order valence-corrected chi connectivity index (χ1v) is 9.64. The summed E-state index contributed by atoms with van der Waals surface area (Å²) in [6.45, 7) is 3.61. The van der Waals surface area contributed by atoms with Crippen LogP contribution in [0.15, 0.2) is 42.5 Å². The number of ether oxygens (including phenoxy) is 1. The lowest BCUT2D eigenvalue weighted by molar-refractivity contribution is -0.132. The Labute approximate surface area is 170 Å². The van der Waals surface area contributed by atoms with Crippen molar-refractivity contribution in [2.24, 2.45) is 0 Å². The van der Waals surface area contributed by atoms with Crippen molar-refractivity contribution in [2.75, 3.05) is 51.8 Å². The fourth-order valence-corrected chi connectivity index (χ4v) is 3.67. The minimum Gasteiger partial charge on any atom is -0.494 e. The lowest BCUT2D eigenvalue weighted by atomic mass is 10.2. The number of halogens is 2. The highest BCUT2D eigenvalue weighted by atomic mass is 35.5. The molecule has 0 bridgehead atoms. The minimum absolute atomic E-state index is 0.0790. The second-order valence-electron chi connectivity index (χ2n) is 6.96. The van der Waals surface area contributed by atoms with Gasteiger partial charge in [0.25, 0.3) is 0 Å². The third kappa shape index (κ3) is 4.94. The SMILES string of the molecule is COc1ccc(CN(C)CC(=O)N2CCN(c3ccccc3Cl)CC2)cc1F. The maximum atomic E-state index is 13.8. The van der Waals surface area contributed by atoms with E-state index in [4.69, 9.17) is 16.3 Å². The fourth-order valence-electron chi connectivity index (χ4n) is 3.41. The first-order valence-electron chi connectivity index (χ1n) is 9.26. The Hall–Kier alpha value is -2.31. The molecule has 2 aromatic rings. The number of carbonyl (C=O) groups is 1. The van der Waals surface area contributed by atoms with Gasteiger partial charge in [0.2, 0.25) is 5.91 Å². The lowest BCUT2D eigenvalue weighted by Crippen LogP contribution is -2.51. The molecule has 28 heavy (non-hydrogen) atoms. The number of anilines is 1. The molecule has 1 aliphatic heterocycles. The van der Waals surface area contributed by atoms with Crippen LogP contribution in [-0.4, -0.2) is 62.6 Å². The zero-order chi connectivity index (χ0) is 20.1. The van der Waals surface area contributed by atoms with Crippen molar-refractivity contribution in [1.29, 1.82) is 0 Å². The Morgan fingerprint density at radius 3 is 2.54 bits per heavy atom. The van der Waals surface area contributed by atoms with Crippen molar-refractivity contribution in [1.82, 2.24) is 9.80 Å². The number of hydrogen-bond donors (Lipinski definition) is 0. The van der Waals surface area contributed by atoms with E-state index in [9.17, 15) is 9.18 Å². The maximum absolute atomic E-state index is 13.8. The van der Waals surface area contributed by atoms with E-state index in [1.165, 1.54) is 13.2 Å². The van der Waals surface area contributed by atoms with E-state index in [0.717, 1.165) is 29.4 Å². The first-order chi connectivity index (χ1) is 13.5. The molecule has 1 saturated heterocycles. The largest absolute Gasteiger partial charge is 0.494 e. The molecule has 2 aromatic carbocycles. The standard InChI is InChI=1S/C21H25ClFN3O2/c1-24(14-16-7-8-20(28-2)18(23)13-16)15-21(27)26-11-9-25(10-12-26)19-6-4-3-5-17(19)22/h3-8,13H,9-12,14-15H2,1-2H3. The van der Waals surface area contributed by atoms with Crippen molar-refractivity contribution in [3.05, 3.63) is 58.9 Å². The van der Waals surface area contributed by atoms with Gasteiger partial charge in [-0.3, -0.25) is 9.69 Å². The predicted octanol–water partition coefficient (Wildman–Crippen LogP) is 3.27. The van der Waals surface area contributed by atoms with Crippen LogP contribution in [0.4, 0.5) is 10.1 Å². The summed E-state index contributed by atoms with van der Waals surface area (Å²) in [7, 11) is 3.30. The number of hydrogen-bond acceptors (Lipinski definition) is 4. The monoisotopic (exact) mass is 405 g/mol. The van der Waals surface area contributed by atoms with Crippen molar-refractivity contribution < 1.29 is 13.9 Å². The van der Waals surface area contributed by atoms with E-state index in [2.05, 4.69) is 4.90 Å². The number of likely N-dealkylation sites (N-methyl/N-ethyl adjacent to an activating group) is 1. The number of carbonyl (C=O) groups excluding carboxylic acids is 1. The molecule has 0 aliphatic carbocycles. The van der Waals surface area contributed by atoms with Crippen LogP contribution in [0.2, 0.25) is 5.02 Å². The molecule has 7 heteroatoms. The molecule has 0 atom stereocenters. The van der Waals surface area contributed by atoms with Gasteiger partial charge in [-0.2, -0.15) is 0 Å². The molecular weight excluding hydrogens is 381 g/mol. The second-order valence-corrected chi connectivity index (χ2v) is 7.37. The quantitative estimate of drug-likeness (QED) is 0.739. The van der Waals surface area contributed by atoms with Crippen molar-refractivity contribution >= 4 is 23.2 Å². The van der Waals surface area contributed by atoms with E-state index in [0.29, 0.717) is 26.2 Å². The van der Waals surface area contributed by atoms with Crippen LogP contribution in [-0.2, 0) is 11.3 Å². The van der Waals surface area contributed by atoms with Crippen LogP contribution in [0.1, 0.15) is 5.56 Å². The summed E-state index contributed by atoms with van der Waals surface area (Å²) in [4.78, 5) is 18.6. The number of benzene rings is 2. The third-order valence-corrected chi connectivity index (χ3v) is 5.22. The predicted molar refractivity (Wildman–Crippen MR) is 110 cm³/mol. The van der Waals surface area contributed by atoms with Crippen LogP contribution in [0, 0.1) is 5.82 Å². The third-order valence-electron chi connectivity index (χ3n) is 4.90. The first kappa shape index (κ1) is 20.4. The smallest absolute Gasteiger partial charge is 0.236 e. The highest BCUT2D eigenvalue weighted by Crippen LogP contribution is 2.26. The summed E-state index contributed by atoms with van der Waals surface area (Å²) in [6, 6.07) is 12.6. The fraction of sp³-hybridized carbons (Fsp3) is 0.381. The van der Waals surface area contributed by atoms with Gasteiger partial charge in [-0.15, -0.1) is 0 Å². The highest BCUT2D eigenvalue weighted by Gasteiger charge is 2.23. The second kappa shape index (κ2) is 9.26. The zero-order valence-electron chi connectivity index (χ0n) is 16.2. The van der Waals surface area contributed by atoms with Crippen molar-refractivity contribution in [3.63, 3.8) is 0 Å². The molecule has 1 aliphatic rings. The lowest BCUT2D eigenvalue weighted by Gasteiger charge is -2.37. The summed E-state index contributed by atoms with van der Waals surface area (Å²) in [5.74, 6) is -0.0930. The highest BCUT2D eigenvalue weighted by molar-refractivity contribution is 6.33. The van der Waals surface area contributed by atoms with Gasteiger partial charge in [0.1, 0.15) is 0 Å². The summed E-state index contributed by atoms with van der Waals surface area (Å²) in [5.41, 5.74) is 1.81. The number of rotatable bonds is 6. The summed E-state index contributed by atoms with van der Waals surface area (Å²) in [6.07, 6.45) is 0. The molecule has 0 saturated carbocycles. The van der Waals surface area contributed by atoms with Gasteiger partial charge in [0.05, 0.1) is 24.4 Å². The Morgan fingerprint density at radius 2 is 1.89 bits per heavy atom. The topological polar surface area (TPSA) is 36.0 Å². The zero-order valence-corrected chi connectivity index (χ0v) is 17.0. The van der Waals surface area contributed by atoms with Crippen molar-refractivity contribution in [3.8, 4) is 5.75 Å². The van der Waals surface area contributed by atoms with Gasteiger partial charge in [0.15, 0.2) is 11.6 Å². The summed E-state index contributed by atoms with van der Waals surface area (Å²) < 4.78 is 18.8. The molecule has 1 amide bonds. The molecule has 5 nitrogen and oxygen atoms in total. The van der Waals surface area contributed by atoms with Crippen LogP contribution in [0.25, 0.3) is 0 Å². The summed E-state index contributed by atoms with van der Waals surface area (Å²) >= 11 is 6.27. The van der Waals surface area contributed by atoms with E-state index in [-0.39, 0.29) is 11.7 Å². The van der Waals surface area contributed by atoms with Gasteiger partial charge < -0.3 is 14.5 Å². The molecule has 1 heterocycles. The maximum Gasteiger partial charge on any atom is 0.236 e. The summed E-state index contributed by atoms with van der Waals surface area (Å²) in [5, 5.41) is 0.730.